The highest BCUT2D eigenvalue weighted by Crippen LogP contribution is 2.23. The number of carbonyl (C=O) groups excluding carboxylic acids is 1. The van der Waals surface area contributed by atoms with Gasteiger partial charge in [0.2, 0.25) is 0 Å². The molecule has 0 bridgehead atoms. The Bertz CT molecular complexity index is 424. The van der Waals surface area contributed by atoms with Crippen molar-refractivity contribution < 1.29 is 9.53 Å². The fraction of sp³-hybridized carbons (Fsp3) is 0.333. The lowest BCUT2D eigenvalue weighted by Crippen LogP contribution is -2.06. The fourth-order valence-electron chi connectivity index (χ4n) is 1.20. The minimum atomic E-state index is -0.253. The highest BCUT2D eigenvalue weighted by Gasteiger charge is 2.07. The number of esters is 1. The van der Waals surface area contributed by atoms with E-state index in [0.29, 0.717) is 12.2 Å². The average molecular weight is 235 g/mol. The first-order chi connectivity index (χ1) is 7.67. The second kappa shape index (κ2) is 6.19. The Morgan fingerprint density at radius 3 is 2.94 bits per heavy atom. The predicted molar refractivity (Wildman–Crippen MR) is 63.3 cm³/mol. The molecule has 1 aromatic rings. The highest BCUT2D eigenvalue weighted by atomic mass is 32.2. The summed E-state index contributed by atoms with van der Waals surface area (Å²) in [5, 5.41) is 8.93. The molecular weight excluding hydrogens is 222 g/mol. The van der Waals surface area contributed by atoms with Crippen LogP contribution in [0, 0.1) is 18.3 Å². The van der Waals surface area contributed by atoms with Gasteiger partial charge in [0.1, 0.15) is 6.07 Å². The summed E-state index contributed by atoms with van der Waals surface area (Å²) in [4.78, 5) is 12.0. The smallest absolute Gasteiger partial charge is 0.316 e. The van der Waals surface area contributed by atoms with E-state index in [9.17, 15) is 4.79 Å². The van der Waals surface area contributed by atoms with Gasteiger partial charge in [0.25, 0.3) is 0 Å². The van der Waals surface area contributed by atoms with Crippen LogP contribution >= 0.6 is 11.8 Å². The summed E-state index contributed by atoms with van der Waals surface area (Å²) >= 11 is 1.33. The maximum atomic E-state index is 11.2. The Morgan fingerprint density at radius 2 is 2.31 bits per heavy atom. The number of benzene rings is 1. The first kappa shape index (κ1) is 12.6. The molecule has 0 aliphatic heterocycles. The van der Waals surface area contributed by atoms with Crippen molar-refractivity contribution in [1.29, 1.82) is 5.26 Å². The number of nitriles is 1. The van der Waals surface area contributed by atoms with Gasteiger partial charge in [0, 0.05) is 4.90 Å². The molecule has 0 amide bonds. The molecule has 1 rings (SSSR count). The molecule has 0 spiro atoms. The van der Waals surface area contributed by atoms with E-state index in [1.54, 1.807) is 6.92 Å². The Hall–Kier alpha value is -1.47. The molecular formula is C12H13NO2S. The lowest BCUT2D eigenvalue weighted by atomic mass is 10.2. The summed E-state index contributed by atoms with van der Waals surface area (Å²) in [7, 11) is 0. The second-order valence-electron chi connectivity index (χ2n) is 3.21. The molecule has 0 N–H and O–H groups in total. The zero-order chi connectivity index (χ0) is 12.0. The van der Waals surface area contributed by atoms with Gasteiger partial charge in [-0.05, 0) is 31.5 Å². The molecule has 0 atom stereocenters. The molecule has 0 radical (unpaired) electrons. The quantitative estimate of drug-likeness (QED) is 0.594. The van der Waals surface area contributed by atoms with Crippen LogP contribution in [0.4, 0.5) is 0 Å². The standard InChI is InChI=1S/C12H13NO2S/c1-3-15-12(14)8-16-11-5-4-9(2)6-10(11)7-13/h4-6H,3,8H2,1-2H3. The molecule has 4 heteroatoms. The molecule has 84 valence electrons. The molecule has 3 nitrogen and oxygen atoms in total. The van der Waals surface area contributed by atoms with E-state index in [0.717, 1.165) is 10.5 Å². The molecule has 0 unspecified atom stereocenters. The van der Waals surface area contributed by atoms with Gasteiger partial charge < -0.3 is 4.74 Å². The number of rotatable bonds is 4. The second-order valence-corrected chi connectivity index (χ2v) is 4.22. The predicted octanol–water partition coefficient (Wildman–Crippen LogP) is 2.52. The molecule has 1 aromatic carbocycles. The van der Waals surface area contributed by atoms with E-state index < -0.39 is 0 Å². The summed E-state index contributed by atoms with van der Waals surface area (Å²) in [6.45, 7) is 4.09. The lowest BCUT2D eigenvalue weighted by Gasteiger charge is -2.04. The lowest BCUT2D eigenvalue weighted by molar-refractivity contribution is -0.139. The van der Waals surface area contributed by atoms with Crippen molar-refractivity contribution in [2.45, 2.75) is 18.7 Å². The zero-order valence-electron chi connectivity index (χ0n) is 9.32. The number of aryl methyl sites for hydroxylation is 1. The van der Waals surface area contributed by atoms with Gasteiger partial charge in [0.05, 0.1) is 17.9 Å². The Kier molecular flexibility index (Phi) is 4.87. The first-order valence-corrected chi connectivity index (χ1v) is 5.95. The van der Waals surface area contributed by atoms with E-state index in [4.69, 9.17) is 10.00 Å². The summed E-state index contributed by atoms with van der Waals surface area (Å²) < 4.78 is 4.82. The Labute approximate surface area is 99.4 Å². The van der Waals surface area contributed by atoms with Gasteiger partial charge in [-0.1, -0.05) is 6.07 Å². The van der Waals surface area contributed by atoms with Gasteiger partial charge >= 0.3 is 5.97 Å². The topological polar surface area (TPSA) is 50.1 Å². The fourth-order valence-corrected chi connectivity index (χ4v) is 1.98. The third-order valence-electron chi connectivity index (χ3n) is 1.91. The van der Waals surface area contributed by atoms with Crippen LogP contribution in [0.3, 0.4) is 0 Å². The van der Waals surface area contributed by atoms with Crippen LogP contribution in [-0.4, -0.2) is 18.3 Å². The normalized spacial score (nSPS) is 9.56. The van der Waals surface area contributed by atoms with Crippen molar-refractivity contribution in [1.82, 2.24) is 0 Å². The number of nitrogens with zero attached hydrogens (tertiary/aromatic N) is 1. The first-order valence-electron chi connectivity index (χ1n) is 4.96. The summed E-state index contributed by atoms with van der Waals surface area (Å²) in [6, 6.07) is 7.72. The van der Waals surface area contributed by atoms with Gasteiger partial charge in [0.15, 0.2) is 0 Å². The van der Waals surface area contributed by atoms with E-state index in [-0.39, 0.29) is 11.7 Å². The maximum absolute atomic E-state index is 11.2. The minimum Gasteiger partial charge on any atom is -0.465 e. The van der Waals surface area contributed by atoms with Crippen LogP contribution in [0.5, 0.6) is 0 Å². The van der Waals surface area contributed by atoms with Crippen LogP contribution in [0.15, 0.2) is 23.1 Å². The van der Waals surface area contributed by atoms with Gasteiger partial charge in [-0.25, -0.2) is 0 Å². The molecule has 0 saturated carbocycles. The summed E-state index contributed by atoms with van der Waals surface area (Å²) in [5.74, 6) is -0.0112. The molecule has 0 aliphatic rings. The van der Waals surface area contributed by atoms with Crippen LogP contribution in [0.25, 0.3) is 0 Å². The van der Waals surface area contributed by atoms with Gasteiger partial charge in [-0.15, -0.1) is 11.8 Å². The number of hydrogen-bond donors (Lipinski definition) is 0. The number of carbonyl (C=O) groups is 1. The molecule has 0 saturated heterocycles. The maximum Gasteiger partial charge on any atom is 0.316 e. The Balaban J connectivity index is 2.67. The van der Waals surface area contributed by atoms with Crippen LogP contribution in [-0.2, 0) is 9.53 Å². The van der Waals surface area contributed by atoms with Crippen molar-refractivity contribution in [3.63, 3.8) is 0 Å². The highest BCUT2D eigenvalue weighted by molar-refractivity contribution is 8.00. The van der Waals surface area contributed by atoms with Gasteiger partial charge in [-0.3, -0.25) is 4.79 Å². The number of ether oxygens (including phenoxy) is 1. The number of hydrogen-bond acceptors (Lipinski definition) is 4. The zero-order valence-corrected chi connectivity index (χ0v) is 10.1. The van der Waals surface area contributed by atoms with E-state index in [1.165, 1.54) is 11.8 Å². The SMILES string of the molecule is CCOC(=O)CSc1ccc(C)cc1C#N. The average Bonchev–Trinajstić information content (AvgIpc) is 2.27. The van der Waals surface area contributed by atoms with E-state index >= 15 is 0 Å². The molecule has 0 aliphatic carbocycles. The van der Waals surface area contributed by atoms with E-state index in [2.05, 4.69) is 6.07 Å². The van der Waals surface area contributed by atoms with Crippen molar-refractivity contribution in [3.8, 4) is 6.07 Å². The van der Waals surface area contributed by atoms with E-state index in [1.807, 2.05) is 25.1 Å². The monoisotopic (exact) mass is 235 g/mol. The molecule has 0 heterocycles. The largest absolute Gasteiger partial charge is 0.465 e. The Morgan fingerprint density at radius 1 is 1.56 bits per heavy atom. The van der Waals surface area contributed by atoms with Crippen molar-refractivity contribution >= 4 is 17.7 Å². The number of thioether (sulfide) groups is 1. The van der Waals surface area contributed by atoms with Crippen molar-refractivity contribution in [2.24, 2.45) is 0 Å². The van der Waals surface area contributed by atoms with Crippen molar-refractivity contribution in [2.75, 3.05) is 12.4 Å². The summed E-state index contributed by atoms with van der Waals surface area (Å²) in [5.41, 5.74) is 1.64. The third-order valence-corrected chi connectivity index (χ3v) is 2.95. The van der Waals surface area contributed by atoms with Crippen LogP contribution in [0.1, 0.15) is 18.1 Å². The van der Waals surface area contributed by atoms with Crippen LogP contribution in [0.2, 0.25) is 0 Å². The summed E-state index contributed by atoms with van der Waals surface area (Å²) in [6.07, 6.45) is 0. The van der Waals surface area contributed by atoms with Crippen LogP contribution < -0.4 is 0 Å². The minimum absolute atomic E-state index is 0.242. The molecule has 0 aromatic heterocycles. The molecule has 16 heavy (non-hydrogen) atoms. The third kappa shape index (κ3) is 3.59. The van der Waals surface area contributed by atoms with Gasteiger partial charge in [-0.2, -0.15) is 5.26 Å². The molecule has 0 fully saturated rings. The van der Waals surface area contributed by atoms with Crippen molar-refractivity contribution in [3.05, 3.63) is 29.3 Å².